The van der Waals surface area contributed by atoms with Crippen LogP contribution in [0.5, 0.6) is 0 Å². The summed E-state index contributed by atoms with van der Waals surface area (Å²) in [5.74, 6) is 0.0138. The van der Waals surface area contributed by atoms with Gasteiger partial charge < -0.3 is 5.32 Å². The van der Waals surface area contributed by atoms with Gasteiger partial charge in [-0.1, -0.05) is 25.7 Å². The summed E-state index contributed by atoms with van der Waals surface area (Å²) in [4.78, 5) is 11.7. The van der Waals surface area contributed by atoms with Crippen molar-refractivity contribution in [3.8, 4) is 0 Å². The maximum Gasteiger partial charge on any atom is 0.227 e. The molecule has 0 heterocycles. The van der Waals surface area contributed by atoms with E-state index in [1.165, 1.54) is 0 Å². The lowest BCUT2D eigenvalue weighted by Gasteiger charge is -2.14. The first-order valence-electron chi connectivity index (χ1n) is 5.31. The maximum atomic E-state index is 11.7. The van der Waals surface area contributed by atoms with E-state index in [0.717, 1.165) is 24.0 Å². The first-order valence-corrected chi connectivity index (χ1v) is 5.31. The molecule has 0 saturated heterocycles. The first kappa shape index (κ1) is 13.7. The van der Waals surface area contributed by atoms with E-state index in [9.17, 15) is 4.79 Å². The van der Waals surface area contributed by atoms with Crippen LogP contribution in [0, 0.1) is 5.92 Å². The summed E-state index contributed by atoms with van der Waals surface area (Å²) in [5, 5.41) is 2.89. The Morgan fingerprint density at radius 3 is 2.47 bits per heavy atom. The summed E-state index contributed by atoms with van der Waals surface area (Å²) in [6.07, 6.45) is 1.61. The van der Waals surface area contributed by atoms with Gasteiger partial charge in [-0.05, 0) is 32.3 Å². The second kappa shape index (κ2) is 7.08. The van der Waals surface area contributed by atoms with Gasteiger partial charge in [0.2, 0.25) is 5.91 Å². The fourth-order valence-electron chi connectivity index (χ4n) is 1.34. The van der Waals surface area contributed by atoms with Crippen molar-refractivity contribution in [3.05, 3.63) is 30.0 Å². The second-order valence-electron chi connectivity index (χ2n) is 3.81. The predicted octanol–water partition coefficient (Wildman–Crippen LogP) is 2.83. The van der Waals surface area contributed by atoms with E-state index in [1.54, 1.807) is 0 Å². The van der Waals surface area contributed by atoms with Crippen LogP contribution in [0.4, 0.5) is 0 Å². The second-order valence-corrected chi connectivity index (χ2v) is 3.81. The van der Waals surface area contributed by atoms with Gasteiger partial charge in [0.05, 0.1) is 5.92 Å². The lowest BCUT2D eigenvalue weighted by atomic mass is 9.98. The van der Waals surface area contributed by atoms with E-state index in [4.69, 9.17) is 0 Å². The van der Waals surface area contributed by atoms with E-state index in [0.29, 0.717) is 6.54 Å². The van der Waals surface area contributed by atoms with Gasteiger partial charge in [0.1, 0.15) is 0 Å². The van der Waals surface area contributed by atoms with Gasteiger partial charge >= 0.3 is 0 Å². The Labute approximate surface area is 92.8 Å². The van der Waals surface area contributed by atoms with Gasteiger partial charge in [-0.3, -0.25) is 4.79 Å². The summed E-state index contributed by atoms with van der Waals surface area (Å²) >= 11 is 0. The Kier molecular flexibility index (Phi) is 6.48. The van der Waals surface area contributed by atoms with E-state index in [-0.39, 0.29) is 11.8 Å². The largest absolute Gasteiger partial charge is 0.355 e. The molecule has 1 atom stereocenters. The lowest BCUT2D eigenvalue weighted by molar-refractivity contribution is -0.123. The van der Waals surface area contributed by atoms with E-state index in [2.05, 4.69) is 24.2 Å². The smallest absolute Gasteiger partial charge is 0.227 e. The van der Waals surface area contributed by atoms with Crippen molar-refractivity contribution in [2.75, 3.05) is 6.54 Å². The average Bonchev–Trinajstić information content (AvgIpc) is 2.17. The summed E-state index contributed by atoms with van der Waals surface area (Å²) < 4.78 is 0. The molecular weight excluding hydrogens is 186 g/mol. The van der Waals surface area contributed by atoms with Gasteiger partial charge in [-0.2, -0.15) is 0 Å². The minimum absolute atomic E-state index is 0.0574. The number of carbonyl (C=O) groups excluding carboxylic acids is 1. The van der Waals surface area contributed by atoms with Crippen LogP contribution in [0.3, 0.4) is 0 Å². The van der Waals surface area contributed by atoms with Crippen LogP contribution in [0.25, 0.3) is 0 Å². The molecular formula is C13H21NO. The summed E-state index contributed by atoms with van der Waals surface area (Å²) in [7, 11) is 0. The van der Waals surface area contributed by atoms with Crippen LogP contribution in [-0.4, -0.2) is 12.5 Å². The summed E-state index contributed by atoms with van der Waals surface area (Å²) in [6.45, 7) is 13.9. The Balaban J connectivity index is 4.02. The zero-order valence-corrected chi connectivity index (χ0v) is 10.0. The van der Waals surface area contributed by atoms with Crippen molar-refractivity contribution in [1.82, 2.24) is 5.32 Å². The van der Waals surface area contributed by atoms with Crippen LogP contribution >= 0.6 is 0 Å². The zero-order valence-electron chi connectivity index (χ0n) is 10.0. The molecule has 0 aliphatic rings. The quantitative estimate of drug-likeness (QED) is 0.526. The molecule has 1 unspecified atom stereocenters. The van der Waals surface area contributed by atoms with Crippen LogP contribution in [0.2, 0.25) is 0 Å². The third kappa shape index (κ3) is 5.24. The molecule has 0 aromatic rings. The molecule has 15 heavy (non-hydrogen) atoms. The summed E-state index contributed by atoms with van der Waals surface area (Å²) in [6, 6.07) is 0. The van der Waals surface area contributed by atoms with Crippen molar-refractivity contribution in [1.29, 1.82) is 0 Å². The van der Waals surface area contributed by atoms with Gasteiger partial charge in [0.25, 0.3) is 0 Å². The minimum Gasteiger partial charge on any atom is -0.355 e. The third-order valence-electron chi connectivity index (χ3n) is 2.42. The van der Waals surface area contributed by atoms with Crippen molar-refractivity contribution in [3.63, 3.8) is 0 Å². The van der Waals surface area contributed by atoms with Gasteiger partial charge in [0, 0.05) is 6.54 Å². The Morgan fingerprint density at radius 1 is 1.47 bits per heavy atom. The Morgan fingerprint density at radius 2 is 2.07 bits per heavy atom. The van der Waals surface area contributed by atoms with Crippen LogP contribution in [-0.2, 0) is 4.79 Å². The highest BCUT2D eigenvalue weighted by Gasteiger charge is 2.15. The molecule has 0 saturated carbocycles. The van der Waals surface area contributed by atoms with Crippen molar-refractivity contribution < 1.29 is 4.79 Å². The molecule has 0 bridgehead atoms. The molecule has 0 aliphatic heterocycles. The topological polar surface area (TPSA) is 29.1 Å². The van der Waals surface area contributed by atoms with Gasteiger partial charge in [0.15, 0.2) is 0 Å². The molecule has 0 aliphatic carbocycles. The fraction of sp³-hybridized carbons (Fsp3) is 0.538. The number of amides is 1. The molecule has 0 fully saturated rings. The number of rotatable bonds is 6. The minimum atomic E-state index is -0.0574. The highest BCUT2D eigenvalue weighted by Crippen LogP contribution is 2.12. The molecule has 0 rings (SSSR count). The van der Waals surface area contributed by atoms with Gasteiger partial charge in [-0.15, -0.1) is 5.73 Å². The molecule has 0 aromatic heterocycles. The van der Waals surface area contributed by atoms with E-state index >= 15 is 0 Å². The SMILES string of the molecule is C=C=C(C)CCNC(=O)C(CC)C(=C)C. The highest BCUT2D eigenvalue weighted by atomic mass is 16.1. The molecule has 0 spiro atoms. The molecule has 2 heteroatoms. The first-order chi connectivity index (χ1) is 7.02. The lowest BCUT2D eigenvalue weighted by Crippen LogP contribution is -2.31. The van der Waals surface area contributed by atoms with Crippen molar-refractivity contribution in [2.24, 2.45) is 5.92 Å². The van der Waals surface area contributed by atoms with Crippen molar-refractivity contribution in [2.45, 2.75) is 33.6 Å². The zero-order chi connectivity index (χ0) is 11.8. The van der Waals surface area contributed by atoms with E-state index in [1.807, 2.05) is 20.8 Å². The van der Waals surface area contributed by atoms with Crippen LogP contribution in [0.15, 0.2) is 30.0 Å². The molecule has 2 nitrogen and oxygen atoms in total. The monoisotopic (exact) mass is 207 g/mol. The van der Waals surface area contributed by atoms with Crippen LogP contribution in [0.1, 0.15) is 33.6 Å². The molecule has 0 aromatic carbocycles. The number of nitrogens with one attached hydrogen (secondary N) is 1. The third-order valence-corrected chi connectivity index (χ3v) is 2.42. The maximum absolute atomic E-state index is 11.7. The average molecular weight is 207 g/mol. The van der Waals surface area contributed by atoms with Crippen molar-refractivity contribution >= 4 is 5.91 Å². The van der Waals surface area contributed by atoms with Gasteiger partial charge in [-0.25, -0.2) is 0 Å². The number of hydrogen-bond acceptors (Lipinski definition) is 1. The molecule has 1 amide bonds. The normalized spacial score (nSPS) is 11.4. The number of hydrogen-bond donors (Lipinski definition) is 1. The Bertz CT molecular complexity index is 285. The number of carbonyl (C=O) groups is 1. The molecule has 84 valence electrons. The standard InChI is InChI=1S/C13H21NO/c1-6-11(5)8-9-14-13(15)12(7-2)10(3)4/h12H,1,3,7-9H2,2,4-5H3,(H,14,15). The molecule has 1 N–H and O–H groups in total. The summed E-state index contributed by atoms with van der Waals surface area (Å²) in [5.41, 5.74) is 4.79. The Hall–Kier alpha value is -1.27. The molecule has 0 radical (unpaired) electrons. The fourth-order valence-corrected chi connectivity index (χ4v) is 1.34. The predicted molar refractivity (Wildman–Crippen MR) is 64.5 cm³/mol. The van der Waals surface area contributed by atoms with E-state index < -0.39 is 0 Å². The highest BCUT2D eigenvalue weighted by molar-refractivity contribution is 5.81. The van der Waals surface area contributed by atoms with Crippen LogP contribution < -0.4 is 5.32 Å².